The molecule has 0 fully saturated rings. The Kier molecular flexibility index (Phi) is 17.7. The monoisotopic (exact) mass is 767 g/mol. The minimum absolute atomic E-state index is 0.00961. The lowest BCUT2D eigenvalue weighted by Crippen LogP contribution is -2.54. The fraction of sp³-hybridized carbons (Fsp3) is 0.634. The number of ketones is 1. The van der Waals surface area contributed by atoms with E-state index in [4.69, 9.17) is 10.5 Å². The molecule has 0 radical (unpaired) electrons. The van der Waals surface area contributed by atoms with Crippen molar-refractivity contribution in [3.8, 4) is 0 Å². The molecule has 1 heterocycles. The van der Waals surface area contributed by atoms with Crippen molar-refractivity contribution in [2.75, 3.05) is 5.73 Å². The minimum Gasteiger partial charge on any atom is -0.444 e. The van der Waals surface area contributed by atoms with Crippen molar-refractivity contribution >= 4 is 35.4 Å². The summed E-state index contributed by atoms with van der Waals surface area (Å²) in [5.74, 6) is -1.91. The van der Waals surface area contributed by atoms with Gasteiger partial charge in [0.05, 0.1) is 18.2 Å². The van der Waals surface area contributed by atoms with Crippen molar-refractivity contribution in [1.29, 1.82) is 0 Å². The van der Waals surface area contributed by atoms with Gasteiger partial charge < -0.3 is 36.8 Å². The molecule has 55 heavy (non-hydrogen) atoms. The molecule has 4 amide bonds. The van der Waals surface area contributed by atoms with Gasteiger partial charge in [0.1, 0.15) is 23.3 Å². The Labute approximate surface area is 326 Å². The summed E-state index contributed by atoms with van der Waals surface area (Å²) >= 11 is 0. The van der Waals surface area contributed by atoms with Crippen LogP contribution in [0.2, 0.25) is 0 Å². The second-order valence-corrected chi connectivity index (χ2v) is 16.8. The fourth-order valence-electron chi connectivity index (χ4n) is 6.07. The standard InChI is InChI=1S/C41H65N7O7/c1-12-25(4)34(38(53)44-23-28-22-43-26(5)45-36(28)42)48-37(52)29(24(2)3)21-32(50)35(40(6,7)8)47-33(51)19-18-31(49)30(20-27-16-14-13-15-17-27)46-39(54)55-41(9,10)11/h13-17,22,24-25,29-30,32,34-35,50H,12,18-21,23H2,1-11H3,(H,44,53)(H,46,54)(H,47,51)(H,48,52)(H2,42,43,45)/t25-,29-,30-,32-,34-,35+/m0/s1. The molecule has 6 atom stereocenters. The number of carbonyl (C=O) groups excluding carboxylic acids is 5. The zero-order valence-electron chi connectivity index (χ0n) is 34.6. The van der Waals surface area contributed by atoms with Gasteiger partial charge in [0.2, 0.25) is 17.7 Å². The normalized spacial score (nSPS) is 15.1. The minimum atomic E-state index is -1.14. The van der Waals surface area contributed by atoms with Crippen LogP contribution in [0.4, 0.5) is 10.6 Å². The molecule has 14 nitrogen and oxygen atoms in total. The lowest BCUT2D eigenvalue weighted by molar-refractivity contribution is -0.134. The van der Waals surface area contributed by atoms with Crippen molar-refractivity contribution in [1.82, 2.24) is 31.2 Å². The zero-order valence-corrected chi connectivity index (χ0v) is 34.6. The van der Waals surface area contributed by atoms with E-state index in [0.29, 0.717) is 17.8 Å². The molecule has 0 aliphatic rings. The summed E-state index contributed by atoms with van der Waals surface area (Å²) in [5.41, 5.74) is 5.99. The number of anilines is 1. The topological polar surface area (TPSA) is 215 Å². The number of hydrogen-bond donors (Lipinski definition) is 6. The van der Waals surface area contributed by atoms with Crippen LogP contribution in [0.3, 0.4) is 0 Å². The summed E-state index contributed by atoms with van der Waals surface area (Å²) in [5, 5.41) is 23.0. The van der Waals surface area contributed by atoms with E-state index in [2.05, 4.69) is 31.2 Å². The van der Waals surface area contributed by atoms with Crippen LogP contribution in [0.15, 0.2) is 36.5 Å². The maximum absolute atomic E-state index is 13.8. The molecular weight excluding hydrogens is 702 g/mol. The van der Waals surface area contributed by atoms with Crippen molar-refractivity contribution in [2.45, 2.75) is 145 Å². The van der Waals surface area contributed by atoms with Gasteiger partial charge in [-0.05, 0) is 63.4 Å². The number of aromatic nitrogens is 2. The number of nitrogens with two attached hydrogens (primary N) is 1. The van der Waals surface area contributed by atoms with Crippen molar-refractivity contribution in [2.24, 2.45) is 23.2 Å². The number of Topliss-reactive ketones (excluding diaryl/α,β-unsaturated/α-hetero) is 1. The summed E-state index contributed by atoms with van der Waals surface area (Å²) < 4.78 is 5.38. The van der Waals surface area contributed by atoms with Crippen LogP contribution in [0.1, 0.15) is 112 Å². The van der Waals surface area contributed by atoms with Gasteiger partial charge in [-0.1, -0.05) is 85.2 Å². The summed E-state index contributed by atoms with van der Waals surface area (Å²) in [4.78, 5) is 74.9. The first-order valence-electron chi connectivity index (χ1n) is 19.2. The second-order valence-electron chi connectivity index (χ2n) is 16.8. The average molecular weight is 768 g/mol. The number of aliphatic hydroxyl groups is 1. The number of amides is 4. The van der Waals surface area contributed by atoms with E-state index in [0.717, 1.165) is 5.56 Å². The molecule has 7 N–H and O–H groups in total. The van der Waals surface area contributed by atoms with Gasteiger partial charge in [-0.3, -0.25) is 19.2 Å². The van der Waals surface area contributed by atoms with Crippen molar-refractivity contribution in [3.05, 3.63) is 53.5 Å². The van der Waals surface area contributed by atoms with E-state index in [1.54, 1.807) is 33.9 Å². The average Bonchev–Trinajstić information content (AvgIpc) is 3.08. The van der Waals surface area contributed by atoms with E-state index in [1.807, 2.05) is 78.8 Å². The molecule has 2 aromatic rings. The van der Waals surface area contributed by atoms with Crippen molar-refractivity contribution in [3.63, 3.8) is 0 Å². The fourth-order valence-corrected chi connectivity index (χ4v) is 6.07. The summed E-state index contributed by atoms with van der Waals surface area (Å²) in [6, 6.07) is 6.68. The molecule has 306 valence electrons. The summed E-state index contributed by atoms with van der Waals surface area (Å²) in [7, 11) is 0. The Morgan fingerprint density at radius 1 is 0.909 bits per heavy atom. The zero-order chi connectivity index (χ0) is 41.7. The van der Waals surface area contributed by atoms with Crippen LogP contribution in [0.25, 0.3) is 0 Å². The van der Waals surface area contributed by atoms with Gasteiger partial charge in [-0.2, -0.15) is 0 Å². The Hall–Kier alpha value is -4.59. The summed E-state index contributed by atoms with van der Waals surface area (Å²) in [6.07, 6.45) is 0.190. The number of nitrogens with one attached hydrogen (secondary N) is 4. The molecule has 0 aliphatic heterocycles. The van der Waals surface area contributed by atoms with Gasteiger partial charge in [-0.25, -0.2) is 14.8 Å². The van der Waals surface area contributed by atoms with Crippen molar-refractivity contribution < 1.29 is 33.8 Å². The number of nitrogens with zero attached hydrogens (tertiary/aromatic N) is 2. The predicted octanol–water partition coefficient (Wildman–Crippen LogP) is 4.55. The number of aliphatic hydroxyl groups excluding tert-OH is 1. The molecule has 0 saturated carbocycles. The molecule has 2 rings (SSSR count). The molecule has 1 aromatic heterocycles. The van der Waals surface area contributed by atoms with Crippen LogP contribution in [-0.4, -0.2) is 74.5 Å². The lowest BCUT2D eigenvalue weighted by Gasteiger charge is -2.37. The molecule has 0 unspecified atom stereocenters. The Morgan fingerprint density at radius 3 is 2.09 bits per heavy atom. The molecule has 0 bridgehead atoms. The highest BCUT2D eigenvalue weighted by Gasteiger charge is 2.38. The van der Waals surface area contributed by atoms with Crippen LogP contribution >= 0.6 is 0 Å². The van der Waals surface area contributed by atoms with Gasteiger partial charge >= 0.3 is 6.09 Å². The number of benzene rings is 1. The second kappa shape index (κ2) is 20.9. The molecular formula is C41H65N7O7. The number of carbonyl (C=O) groups is 5. The van der Waals surface area contributed by atoms with Crippen LogP contribution in [0, 0.1) is 30.1 Å². The predicted molar refractivity (Wildman–Crippen MR) is 212 cm³/mol. The third-order valence-corrected chi connectivity index (χ3v) is 9.50. The number of hydrogen-bond acceptors (Lipinski definition) is 10. The molecule has 0 saturated heterocycles. The highest BCUT2D eigenvalue weighted by Crippen LogP contribution is 2.28. The maximum Gasteiger partial charge on any atom is 0.408 e. The van der Waals surface area contributed by atoms with E-state index in [9.17, 15) is 29.1 Å². The van der Waals surface area contributed by atoms with Gasteiger partial charge in [0.15, 0.2) is 5.78 Å². The number of rotatable bonds is 19. The smallest absolute Gasteiger partial charge is 0.408 e. The quantitative estimate of drug-likeness (QED) is 0.117. The number of nitrogen functional groups attached to an aromatic ring is 1. The first kappa shape index (κ1) is 46.6. The SMILES string of the molecule is CC[C@H](C)[C@H](NC(=O)[C@@H](C[C@H](O)[C@@H](NC(=O)CCC(=O)[C@H](Cc1ccccc1)NC(=O)OC(C)(C)C)C(C)(C)C)C(C)C)C(=O)NCc1cnc(C)nc1N. The third-order valence-electron chi connectivity index (χ3n) is 9.50. The Bertz CT molecular complexity index is 1590. The first-order valence-corrected chi connectivity index (χ1v) is 19.2. The van der Waals surface area contributed by atoms with Crippen LogP contribution < -0.4 is 27.0 Å². The van der Waals surface area contributed by atoms with E-state index in [1.165, 1.54) is 0 Å². The number of aryl methyl sites for hydroxylation is 1. The lowest BCUT2D eigenvalue weighted by atomic mass is 9.78. The van der Waals surface area contributed by atoms with Crippen LogP contribution in [-0.2, 0) is 36.9 Å². The number of alkyl carbamates (subject to hydrolysis) is 1. The third kappa shape index (κ3) is 16.0. The van der Waals surface area contributed by atoms with Gasteiger partial charge in [0.25, 0.3) is 0 Å². The van der Waals surface area contributed by atoms with Gasteiger partial charge in [0, 0.05) is 37.1 Å². The molecule has 0 spiro atoms. The van der Waals surface area contributed by atoms with Gasteiger partial charge in [-0.15, -0.1) is 0 Å². The van der Waals surface area contributed by atoms with Crippen LogP contribution in [0.5, 0.6) is 0 Å². The summed E-state index contributed by atoms with van der Waals surface area (Å²) in [6.45, 7) is 20.1. The largest absolute Gasteiger partial charge is 0.444 e. The van der Waals surface area contributed by atoms with E-state index in [-0.39, 0.29) is 67.5 Å². The van der Waals surface area contributed by atoms with E-state index < -0.39 is 53.2 Å². The molecule has 14 heteroatoms. The maximum atomic E-state index is 13.8. The first-order chi connectivity index (χ1) is 25.5. The molecule has 1 aromatic carbocycles. The molecule has 0 aliphatic carbocycles. The highest BCUT2D eigenvalue weighted by molar-refractivity contribution is 5.91. The van der Waals surface area contributed by atoms with E-state index >= 15 is 0 Å². The Morgan fingerprint density at radius 2 is 1.55 bits per heavy atom. The number of ether oxygens (including phenoxy) is 1. The Balaban J connectivity index is 2.14. The highest BCUT2D eigenvalue weighted by atomic mass is 16.6.